The van der Waals surface area contributed by atoms with E-state index in [0.717, 1.165) is 21.7 Å². The number of amides is 2. The van der Waals surface area contributed by atoms with Crippen LogP contribution in [-0.2, 0) is 32.6 Å². The molecule has 9 heteroatoms. The van der Waals surface area contributed by atoms with Gasteiger partial charge in [-0.15, -0.1) is 0 Å². The Morgan fingerprint density at radius 2 is 1.44 bits per heavy atom. The van der Waals surface area contributed by atoms with E-state index in [-0.39, 0.29) is 30.6 Å². The molecule has 39 heavy (non-hydrogen) atoms. The van der Waals surface area contributed by atoms with Crippen molar-refractivity contribution in [2.75, 3.05) is 23.7 Å². The molecule has 2 amide bonds. The molecule has 0 fully saturated rings. The van der Waals surface area contributed by atoms with Gasteiger partial charge in [-0.05, 0) is 44.0 Å². The van der Waals surface area contributed by atoms with E-state index < -0.39 is 28.5 Å². The minimum Gasteiger partial charge on any atom is -0.492 e. The fourth-order valence-corrected chi connectivity index (χ4v) is 5.10. The first kappa shape index (κ1) is 29.7. The zero-order valence-corrected chi connectivity index (χ0v) is 23.7. The highest BCUT2D eigenvalue weighted by atomic mass is 32.2. The van der Waals surface area contributed by atoms with E-state index in [2.05, 4.69) is 5.32 Å². The van der Waals surface area contributed by atoms with Gasteiger partial charge in [-0.25, -0.2) is 8.42 Å². The van der Waals surface area contributed by atoms with Crippen molar-refractivity contribution >= 4 is 27.5 Å². The van der Waals surface area contributed by atoms with E-state index in [1.807, 2.05) is 74.5 Å². The number of anilines is 1. The number of para-hydroxylation sites is 2. The van der Waals surface area contributed by atoms with Crippen LogP contribution in [0.2, 0.25) is 0 Å². The molecule has 0 heterocycles. The average molecular weight is 552 g/mol. The standard InChI is InChI=1S/C30H37N3O5S/c1-5-38-28-19-13-12-18-26(28)33(39(4,36)37)22-29(34)32(21-25-16-10-7-11-17-25)27(30(35)31-23(2)3)20-24-14-8-6-9-15-24/h6-19,23,27H,5,20-22H2,1-4H3,(H,31,35)/t27-/m0/s1. The number of hydrogen-bond acceptors (Lipinski definition) is 5. The Hall–Kier alpha value is -3.85. The van der Waals surface area contributed by atoms with Crippen molar-refractivity contribution in [3.05, 3.63) is 96.1 Å². The van der Waals surface area contributed by atoms with Gasteiger partial charge in [-0.1, -0.05) is 72.8 Å². The van der Waals surface area contributed by atoms with Crippen LogP contribution < -0.4 is 14.4 Å². The third-order valence-electron chi connectivity index (χ3n) is 6.01. The molecule has 0 saturated carbocycles. The zero-order valence-electron chi connectivity index (χ0n) is 22.9. The van der Waals surface area contributed by atoms with Crippen molar-refractivity contribution in [1.29, 1.82) is 0 Å². The van der Waals surface area contributed by atoms with Gasteiger partial charge in [0.1, 0.15) is 18.3 Å². The SMILES string of the molecule is CCOc1ccccc1N(CC(=O)N(Cc1ccccc1)[C@@H](Cc1ccccc1)C(=O)NC(C)C)S(C)(=O)=O. The molecular weight excluding hydrogens is 514 g/mol. The molecule has 0 unspecified atom stereocenters. The number of rotatable bonds is 13. The number of sulfonamides is 1. The van der Waals surface area contributed by atoms with Crippen LogP contribution in [0.5, 0.6) is 5.75 Å². The summed E-state index contributed by atoms with van der Waals surface area (Å²) in [5, 5.41) is 2.94. The Kier molecular flexibility index (Phi) is 10.5. The molecule has 0 aliphatic rings. The van der Waals surface area contributed by atoms with Gasteiger partial charge >= 0.3 is 0 Å². The van der Waals surface area contributed by atoms with Gasteiger partial charge in [0.05, 0.1) is 18.6 Å². The van der Waals surface area contributed by atoms with Gasteiger partial charge < -0.3 is 15.0 Å². The van der Waals surface area contributed by atoms with E-state index in [9.17, 15) is 18.0 Å². The molecule has 0 aliphatic carbocycles. The van der Waals surface area contributed by atoms with Crippen molar-refractivity contribution in [2.24, 2.45) is 0 Å². The van der Waals surface area contributed by atoms with Gasteiger partial charge in [0, 0.05) is 19.0 Å². The molecule has 3 aromatic carbocycles. The topological polar surface area (TPSA) is 96.0 Å². The number of carbonyl (C=O) groups is 2. The second-order valence-corrected chi connectivity index (χ2v) is 11.5. The quantitative estimate of drug-likeness (QED) is 0.346. The largest absolute Gasteiger partial charge is 0.492 e. The smallest absolute Gasteiger partial charge is 0.244 e. The predicted molar refractivity (Wildman–Crippen MR) is 154 cm³/mol. The highest BCUT2D eigenvalue weighted by molar-refractivity contribution is 7.92. The van der Waals surface area contributed by atoms with Crippen LogP contribution >= 0.6 is 0 Å². The third kappa shape index (κ3) is 8.58. The number of ether oxygens (including phenoxy) is 1. The molecule has 0 aromatic heterocycles. The first-order valence-corrected chi connectivity index (χ1v) is 14.8. The maximum atomic E-state index is 14.1. The fourth-order valence-electron chi connectivity index (χ4n) is 4.25. The van der Waals surface area contributed by atoms with Crippen LogP contribution in [-0.4, -0.2) is 56.6 Å². The fraction of sp³-hybridized carbons (Fsp3) is 0.333. The Balaban J connectivity index is 2.06. The highest BCUT2D eigenvalue weighted by Gasteiger charge is 2.33. The van der Waals surface area contributed by atoms with Crippen molar-refractivity contribution in [1.82, 2.24) is 10.2 Å². The maximum absolute atomic E-state index is 14.1. The second kappa shape index (κ2) is 13.8. The first-order chi connectivity index (χ1) is 18.6. The van der Waals surface area contributed by atoms with Crippen molar-refractivity contribution in [3.63, 3.8) is 0 Å². The lowest BCUT2D eigenvalue weighted by Gasteiger charge is -2.34. The minimum absolute atomic E-state index is 0.132. The Labute approximate surface area is 231 Å². The molecule has 3 rings (SSSR count). The summed E-state index contributed by atoms with van der Waals surface area (Å²) in [7, 11) is -3.88. The van der Waals surface area contributed by atoms with Crippen LogP contribution in [0.1, 0.15) is 31.9 Å². The molecule has 0 radical (unpaired) electrons. The van der Waals surface area contributed by atoms with E-state index in [1.54, 1.807) is 31.2 Å². The van der Waals surface area contributed by atoms with E-state index in [4.69, 9.17) is 4.74 Å². The number of hydrogen-bond donors (Lipinski definition) is 1. The molecule has 1 atom stereocenters. The van der Waals surface area contributed by atoms with Crippen molar-refractivity contribution in [2.45, 2.75) is 45.8 Å². The Morgan fingerprint density at radius 3 is 2.00 bits per heavy atom. The third-order valence-corrected chi connectivity index (χ3v) is 7.14. The molecule has 1 N–H and O–H groups in total. The molecule has 0 bridgehead atoms. The van der Waals surface area contributed by atoms with Gasteiger partial charge in [0.15, 0.2) is 0 Å². The summed E-state index contributed by atoms with van der Waals surface area (Å²) in [6.45, 7) is 5.49. The molecule has 3 aromatic rings. The van der Waals surface area contributed by atoms with Gasteiger partial charge in [-0.3, -0.25) is 13.9 Å². The van der Waals surface area contributed by atoms with E-state index in [0.29, 0.717) is 12.4 Å². The predicted octanol–water partition coefficient (Wildman–Crippen LogP) is 4.02. The summed E-state index contributed by atoms with van der Waals surface area (Å²) >= 11 is 0. The Morgan fingerprint density at radius 1 is 0.872 bits per heavy atom. The summed E-state index contributed by atoms with van der Waals surface area (Å²) in [5.41, 5.74) is 1.97. The van der Waals surface area contributed by atoms with Crippen LogP contribution in [0.3, 0.4) is 0 Å². The number of nitrogens with zero attached hydrogens (tertiary/aromatic N) is 2. The van der Waals surface area contributed by atoms with Gasteiger partial charge in [-0.2, -0.15) is 0 Å². The average Bonchev–Trinajstić information content (AvgIpc) is 2.90. The van der Waals surface area contributed by atoms with Crippen LogP contribution in [0, 0.1) is 0 Å². The maximum Gasteiger partial charge on any atom is 0.244 e. The normalized spacial score (nSPS) is 12.0. The summed E-state index contributed by atoms with van der Waals surface area (Å²) in [6, 6.07) is 24.5. The molecule has 0 saturated heterocycles. The summed E-state index contributed by atoms with van der Waals surface area (Å²) in [4.78, 5) is 29.1. The van der Waals surface area contributed by atoms with Crippen LogP contribution in [0.25, 0.3) is 0 Å². The van der Waals surface area contributed by atoms with Crippen LogP contribution in [0.4, 0.5) is 5.69 Å². The Bertz CT molecular complexity index is 1330. The second-order valence-electron chi connectivity index (χ2n) is 9.55. The first-order valence-electron chi connectivity index (χ1n) is 13.0. The number of benzene rings is 3. The molecule has 8 nitrogen and oxygen atoms in total. The lowest BCUT2D eigenvalue weighted by molar-refractivity contribution is -0.140. The molecule has 208 valence electrons. The van der Waals surface area contributed by atoms with Crippen molar-refractivity contribution in [3.8, 4) is 5.75 Å². The number of carbonyl (C=O) groups excluding carboxylic acids is 2. The monoisotopic (exact) mass is 551 g/mol. The molecular formula is C30H37N3O5S. The van der Waals surface area contributed by atoms with Crippen LogP contribution in [0.15, 0.2) is 84.9 Å². The highest BCUT2D eigenvalue weighted by Crippen LogP contribution is 2.30. The summed E-state index contributed by atoms with van der Waals surface area (Å²) in [5.74, 6) is -0.458. The summed E-state index contributed by atoms with van der Waals surface area (Å²) < 4.78 is 32.6. The summed E-state index contributed by atoms with van der Waals surface area (Å²) in [6.07, 6.45) is 1.32. The molecule has 0 aliphatic heterocycles. The zero-order chi connectivity index (χ0) is 28.4. The minimum atomic E-state index is -3.88. The van der Waals surface area contributed by atoms with Gasteiger partial charge in [0.25, 0.3) is 0 Å². The number of nitrogens with one attached hydrogen (secondary N) is 1. The van der Waals surface area contributed by atoms with E-state index in [1.165, 1.54) is 4.90 Å². The lowest BCUT2D eigenvalue weighted by Crippen LogP contribution is -2.54. The van der Waals surface area contributed by atoms with Crippen molar-refractivity contribution < 1.29 is 22.7 Å². The van der Waals surface area contributed by atoms with E-state index >= 15 is 0 Å². The lowest BCUT2D eigenvalue weighted by atomic mass is 10.0. The molecule has 0 spiro atoms. The van der Waals surface area contributed by atoms with Gasteiger partial charge in [0.2, 0.25) is 21.8 Å².